The number of aliphatic hydroxyl groups excluding tert-OH is 1. The van der Waals surface area contributed by atoms with Crippen LogP contribution in [0.4, 0.5) is 0 Å². The van der Waals surface area contributed by atoms with Gasteiger partial charge in [-0.1, -0.05) is 0 Å². The lowest BCUT2D eigenvalue weighted by Crippen LogP contribution is -2.17. The second-order valence-corrected chi connectivity index (χ2v) is 4.96. The van der Waals surface area contributed by atoms with E-state index in [-0.39, 0.29) is 6.10 Å². The van der Waals surface area contributed by atoms with Crippen LogP contribution in [0.3, 0.4) is 0 Å². The number of aromatic nitrogens is 1. The van der Waals surface area contributed by atoms with E-state index in [1.807, 2.05) is 0 Å². The lowest BCUT2D eigenvalue weighted by atomic mass is 10.4. The summed E-state index contributed by atoms with van der Waals surface area (Å²) in [6.07, 6.45) is 4.05. The minimum Gasteiger partial charge on any atom is -0.388 e. The Morgan fingerprint density at radius 3 is 2.86 bits per heavy atom. The van der Waals surface area contributed by atoms with Crippen LogP contribution in [-0.2, 0) is 6.54 Å². The maximum absolute atomic E-state index is 9.35. The summed E-state index contributed by atoms with van der Waals surface area (Å²) >= 11 is 1.63. The van der Waals surface area contributed by atoms with Crippen molar-refractivity contribution < 1.29 is 5.11 Å². The van der Waals surface area contributed by atoms with Gasteiger partial charge in [0.05, 0.1) is 17.5 Å². The van der Waals surface area contributed by atoms with Gasteiger partial charge in [0.2, 0.25) is 0 Å². The number of hydrogen-bond donors (Lipinski definition) is 1. The third-order valence-electron chi connectivity index (χ3n) is 2.54. The number of likely N-dealkylation sites (tertiary alicyclic amines) is 1. The van der Waals surface area contributed by atoms with Crippen molar-refractivity contribution in [1.29, 1.82) is 0 Å². The fraction of sp³-hybridized carbons (Fsp3) is 0.700. The van der Waals surface area contributed by atoms with Gasteiger partial charge in [0, 0.05) is 6.20 Å². The highest BCUT2D eigenvalue weighted by molar-refractivity contribution is 7.11. The molecule has 2 rings (SSSR count). The molecule has 0 spiro atoms. The lowest BCUT2D eigenvalue weighted by molar-refractivity contribution is 0.203. The summed E-state index contributed by atoms with van der Waals surface area (Å²) in [7, 11) is 0. The second-order valence-electron chi connectivity index (χ2n) is 3.82. The maximum Gasteiger partial charge on any atom is 0.107 e. The number of aliphatic hydroxyl groups is 1. The van der Waals surface area contributed by atoms with Crippen LogP contribution in [-0.4, -0.2) is 28.1 Å². The molecule has 1 aromatic rings. The first-order valence-corrected chi connectivity index (χ1v) is 5.92. The molecule has 0 radical (unpaired) electrons. The van der Waals surface area contributed by atoms with Gasteiger partial charge < -0.3 is 5.11 Å². The Hall–Kier alpha value is -0.450. The van der Waals surface area contributed by atoms with Gasteiger partial charge in [0.15, 0.2) is 0 Å². The molecule has 4 heteroatoms. The van der Waals surface area contributed by atoms with E-state index in [1.165, 1.54) is 25.9 Å². The zero-order valence-corrected chi connectivity index (χ0v) is 9.26. The van der Waals surface area contributed by atoms with Crippen LogP contribution < -0.4 is 0 Å². The predicted molar refractivity (Wildman–Crippen MR) is 57.3 cm³/mol. The second kappa shape index (κ2) is 4.38. The minimum atomic E-state index is -0.375. The Labute approximate surface area is 88.4 Å². The van der Waals surface area contributed by atoms with Crippen molar-refractivity contribution in [1.82, 2.24) is 9.88 Å². The smallest absolute Gasteiger partial charge is 0.107 e. The molecule has 1 fully saturated rings. The van der Waals surface area contributed by atoms with E-state index in [2.05, 4.69) is 9.88 Å². The van der Waals surface area contributed by atoms with Crippen molar-refractivity contribution in [3.05, 3.63) is 16.1 Å². The molecule has 1 aliphatic rings. The van der Waals surface area contributed by atoms with E-state index in [0.717, 1.165) is 16.4 Å². The van der Waals surface area contributed by atoms with Crippen molar-refractivity contribution in [3.63, 3.8) is 0 Å². The van der Waals surface area contributed by atoms with Crippen molar-refractivity contribution in [3.8, 4) is 0 Å². The lowest BCUT2D eigenvalue weighted by Gasteiger charge is -2.11. The van der Waals surface area contributed by atoms with E-state index in [0.29, 0.717) is 0 Å². The normalized spacial score (nSPS) is 20.1. The maximum atomic E-state index is 9.35. The molecule has 1 unspecified atom stereocenters. The topological polar surface area (TPSA) is 36.4 Å². The van der Waals surface area contributed by atoms with E-state index in [4.69, 9.17) is 0 Å². The highest BCUT2D eigenvalue weighted by Gasteiger charge is 2.14. The fourth-order valence-electron chi connectivity index (χ4n) is 1.72. The average Bonchev–Trinajstić information content (AvgIpc) is 2.75. The van der Waals surface area contributed by atoms with Crippen LogP contribution in [0.2, 0.25) is 0 Å². The molecule has 78 valence electrons. The van der Waals surface area contributed by atoms with Gasteiger partial charge in [-0.05, 0) is 32.9 Å². The Morgan fingerprint density at radius 1 is 1.57 bits per heavy atom. The largest absolute Gasteiger partial charge is 0.388 e. The van der Waals surface area contributed by atoms with Gasteiger partial charge in [-0.25, -0.2) is 4.98 Å². The highest BCUT2D eigenvalue weighted by Crippen LogP contribution is 2.22. The number of hydrogen-bond acceptors (Lipinski definition) is 4. The standard InChI is InChI=1S/C10H16N2OS/c1-8(13)9-6-11-10(14-9)7-12-4-2-3-5-12/h6,8,13H,2-5,7H2,1H3. The van der Waals surface area contributed by atoms with E-state index in [1.54, 1.807) is 24.5 Å². The Balaban J connectivity index is 1.95. The molecule has 1 aromatic heterocycles. The first kappa shape index (κ1) is 10.1. The summed E-state index contributed by atoms with van der Waals surface area (Å²) < 4.78 is 0. The third kappa shape index (κ3) is 2.32. The van der Waals surface area contributed by atoms with Crippen LogP contribution in [0, 0.1) is 0 Å². The van der Waals surface area contributed by atoms with E-state index < -0.39 is 0 Å². The number of nitrogens with zero attached hydrogens (tertiary/aromatic N) is 2. The van der Waals surface area contributed by atoms with E-state index >= 15 is 0 Å². The van der Waals surface area contributed by atoms with Gasteiger partial charge in [0.25, 0.3) is 0 Å². The van der Waals surface area contributed by atoms with Crippen LogP contribution in [0.5, 0.6) is 0 Å². The summed E-state index contributed by atoms with van der Waals surface area (Å²) in [6.45, 7) is 5.14. The van der Waals surface area contributed by atoms with Gasteiger partial charge in [-0.3, -0.25) is 4.90 Å². The van der Waals surface area contributed by atoms with Crippen LogP contribution in [0.25, 0.3) is 0 Å². The first-order chi connectivity index (χ1) is 6.75. The summed E-state index contributed by atoms with van der Waals surface area (Å²) in [5, 5.41) is 10.5. The molecule has 0 bridgehead atoms. The molecule has 3 nitrogen and oxygen atoms in total. The van der Waals surface area contributed by atoms with Crippen molar-refractivity contribution in [2.24, 2.45) is 0 Å². The fourth-order valence-corrected chi connectivity index (χ4v) is 2.62. The molecular weight excluding hydrogens is 196 g/mol. The zero-order valence-electron chi connectivity index (χ0n) is 8.44. The molecule has 1 N–H and O–H groups in total. The first-order valence-electron chi connectivity index (χ1n) is 5.11. The number of rotatable bonds is 3. The molecular formula is C10H16N2OS. The van der Waals surface area contributed by atoms with Crippen LogP contribution in [0.15, 0.2) is 6.20 Å². The predicted octanol–water partition coefficient (Wildman–Crippen LogP) is 1.79. The van der Waals surface area contributed by atoms with Crippen LogP contribution in [0.1, 0.15) is 35.8 Å². The molecule has 0 aromatic carbocycles. The third-order valence-corrected chi connectivity index (χ3v) is 3.69. The van der Waals surface area contributed by atoms with Crippen LogP contribution >= 0.6 is 11.3 Å². The van der Waals surface area contributed by atoms with Crippen molar-refractivity contribution >= 4 is 11.3 Å². The number of thiazole rings is 1. The molecule has 1 atom stereocenters. The zero-order chi connectivity index (χ0) is 9.97. The molecule has 0 aliphatic carbocycles. The SMILES string of the molecule is CC(O)c1cnc(CN2CCCC2)s1. The molecule has 1 aliphatic heterocycles. The summed E-state index contributed by atoms with van der Waals surface area (Å²) in [6, 6.07) is 0. The van der Waals surface area contributed by atoms with Gasteiger partial charge in [-0.15, -0.1) is 11.3 Å². The van der Waals surface area contributed by atoms with E-state index in [9.17, 15) is 5.11 Å². The molecule has 0 saturated carbocycles. The summed E-state index contributed by atoms with van der Waals surface area (Å²) in [5.41, 5.74) is 0. The monoisotopic (exact) mass is 212 g/mol. The summed E-state index contributed by atoms with van der Waals surface area (Å²) in [5.74, 6) is 0. The Morgan fingerprint density at radius 2 is 2.29 bits per heavy atom. The minimum absolute atomic E-state index is 0.375. The van der Waals surface area contributed by atoms with Crippen molar-refractivity contribution in [2.75, 3.05) is 13.1 Å². The van der Waals surface area contributed by atoms with Gasteiger partial charge in [-0.2, -0.15) is 0 Å². The molecule has 0 amide bonds. The molecule has 1 saturated heterocycles. The summed E-state index contributed by atoms with van der Waals surface area (Å²) in [4.78, 5) is 7.71. The van der Waals surface area contributed by atoms with Gasteiger partial charge >= 0.3 is 0 Å². The highest BCUT2D eigenvalue weighted by atomic mass is 32.1. The quantitative estimate of drug-likeness (QED) is 0.830. The Kier molecular flexibility index (Phi) is 3.15. The van der Waals surface area contributed by atoms with Crippen molar-refractivity contribution in [2.45, 2.75) is 32.4 Å². The molecule has 2 heterocycles. The molecule has 14 heavy (non-hydrogen) atoms. The average molecular weight is 212 g/mol. The Bertz CT molecular complexity index is 292. The van der Waals surface area contributed by atoms with Gasteiger partial charge in [0.1, 0.15) is 5.01 Å².